The van der Waals surface area contributed by atoms with Crippen LogP contribution in [-0.4, -0.2) is 24.8 Å². The van der Waals surface area contributed by atoms with Gasteiger partial charge in [-0.1, -0.05) is 0 Å². The number of hydrogen-bond acceptors (Lipinski definition) is 3. The third-order valence-electron chi connectivity index (χ3n) is 3.30. The van der Waals surface area contributed by atoms with Crippen LogP contribution in [0.3, 0.4) is 0 Å². The molecule has 1 aromatic carbocycles. The molecule has 0 radical (unpaired) electrons. The Morgan fingerprint density at radius 3 is 2.40 bits per heavy atom. The molecule has 4 heteroatoms. The molecule has 0 aliphatic rings. The molecule has 1 aromatic heterocycles. The van der Waals surface area contributed by atoms with Gasteiger partial charge in [-0.25, -0.2) is 0 Å². The zero-order chi connectivity index (χ0) is 14.5. The first kappa shape index (κ1) is 14.2. The summed E-state index contributed by atoms with van der Waals surface area (Å²) in [4.78, 5) is 11.3. The highest BCUT2D eigenvalue weighted by Gasteiger charge is 2.09. The Labute approximate surface area is 118 Å². The zero-order valence-corrected chi connectivity index (χ0v) is 12.1. The van der Waals surface area contributed by atoms with Gasteiger partial charge in [-0.05, 0) is 49.7 Å². The molecule has 0 N–H and O–H groups in total. The molecule has 20 heavy (non-hydrogen) atoms. The summed E-state index contributed by atoms with van der Waals surface area (Å²) in [6.45, 7) is 2.05. The lowest BCUT2D eigenvalue weighted by molar-refractivity contribution is -0.140. The third-order valence-corrected chi connectivity index (χ3v) is 3.30. The lowest BCUT2D eigenvalue weighted by atomic mass is 10.2. The highest BCUT2D eigenvalue weighted by atomic mass is 16.5. The maximum atomic E-state index is 11.3. The molecule has 0 saturated heterocycles. The van der Waals surface area contributed by atoms with Crippen molar-refractivity contribution in [3.05, 3.63) is 47.8 Å². The second kappa shape index (κ2) is 6.28. The number of rotatable bonds is 5. The van der Waals surface area contributed by atoms with Crippen LogP contribution in [0.25, 0.3) is 5.69 Å². The molecule has 106 valence electrons. The van der Waals surface area contributed by atoms with E-state index in [1.54, 1.807) is 7.11 Å². The number of methoxy groups -OCH3 is 2. The van der Waals surface area contributed by atoms with Crippen LogP contribution in [0, 0.1) is 6.92 Å². The van der Waals surface area contributed by atoms with Crippen LogP contribution < -0.4 is 4.74 Å². The Hall–Kier alpha value is -2.23. The number of hydrogen-bond donors (Lipinski definition) is 0. The molecule has 0 atom stereocenters. The van der Waals surface area contributed by atoms with Crippen molar-refractivity contribution in [2.45, 2.75) is 19.8 Å². The minimum atomic E-state index is -0.190. The average molecular weight is 273 g/mol. The van der Waals surface area contributed by atoms with E-state index in [1.807, 2.05) is 37.3 Å². The normalized spacial score (nSPS) is 10.3. The van der Waals surface area contributed by atoms with Crippen LogP contribution >= 0.6 is 0 Å². The van der Waals surface area contributed by atoms with Crippen LogP contribution in [0.15, 0.2) is 36.4 Å². The molecule has 0 spiro atoms. The number of ether oxygens (including phenoxy) is 2. The van der Waals surface area contributed by atoms with Gasteiger partial charge >= 0.3 is 5.97 Å². The Morgan fingerprint density at radius 2 is 1.80 bits per heavy atom. The number of carbonyl (C=O) groups excluding carboxylic acids is 1. The van der Waals surface area contributed by atoms with Gasteiger partial charge in [0.1, 0.15) is 5.75 Å². The molecular formula is C16H19NO3. The van der Waals surface area contributed by atoms with Gasteiger partial charge in [0.15, 0.2) is 0 Å². The highest BCUT2D eigenvalue weighted by molar-refractivity contribution is 5.69. The first-order valence-corrected chi connectivity index (χ1v) is 6.54. The van der Waals surface area contributed by atoms with E-state index in [0.29, 0.717) is 12.8 Å². The van der Waals surface area contributed by atoms with Crippen LogP contribution in [0.1, 0.15) is 17.8 Å². The van der Waals surface area contributed by atoms with Gasteiger partial charge in [0.2, 0.25) is 0 Å². The fourth-order valence-corrected chi connectivity index (χ4v) is 2.22. The Bertz CT molecular complexity index is 584. The molecule has 0 amide bonds. The Balaban J connectivity index is 2.25. The van der Waals surface area contributed by atoms with Crippen molar-refractivity contribution in [1.82, 2.24) is 4.57 Å². The summed E-state index contributed by atoms with van der Waals surface area (Å²) in [5.41, 5.74) is 3.29. The number of aromatic nitrogens is 1. The van der Waals surface area contributed by atoms with E-state index in [1.165, 1.54) is 7.11 Å². The number of benzene rings is 1. The lowest BCUT2D eigenvalue weighted by Gasteiger charge is -2.12. The first-order chi connectivity index (χ1) is 9.65. The maximum absolute atomic E-state index is 11.3. The van der Waals surface area contributed by atoms with Crippen LogP contribution in [0.4, 0.5) is 0 Å². The van der Waals surface area contributed by atoms with Gasteiger partial charge in [-0.2, -0.15) is 0 Å². The fourth-order valence-electron chi connectivity index (χ4n) is 2.22. The topological polar surface area (TPSA) is 40.5 Å². The smallest absolute Gasteiger partial charge is 0.305 e. The molecule has 0 aliphatic heterocycles. The van der Waals surface area contributed by atoms with E-state index < -0.39 is 0 Å². The van der Waals surface area contributed by atoms with E-state index in [0.717, 1.165) is 22.8 Å². The van der Waals surface area contributed by atoms with Crippen molar-refractivity contribution in [1.29, 1.82) is 0 Å². The number of carbonyl (C=O) groups is 1. The molecule has 4 nitrogen and oxygen atoms in total. The van der Waals surface area contributed by atoms with Gasteiger partial charge in [-0.3, -0.25) is 4.79 Å². The molecule has 2 rings (SSSR count). The van der Waals surface area contributed by atoms with E-state index >= 15 is 0 Å². The zero-order valence-electron chi connectivity index (χ0n) is 12.1. The molecule has 0 bridgehead atoms. The summed E-state index contributed by atoms with van der Waals surface area (Å²) in [6.07, 6.45) is 1.04. The lowest BCUT2D eigenvalue weighted by Crippen LogP contribution is -2.06. The van der Waals surface area contributed by atoms with E-state index in [9.17, 15) is 4.79 Å². The molecule has 2 aromatic rings. The third kappa shape index (κ3) is 3.02. The molecular weight excluding hydrogens is 254 g/mol. The molecule has 1 heterocycles. The predicted octanol–water partition coefficient (Wildman–Crippen LogP) is 2.90. The van der Waals surface area contributed by atoms with Crippen LogP contribution in [0.5, 0.6) is 5.75 Å². The largest absolute Gasteiger partial charge is 0.497 e. The van der Waals surface area contributed by atoms with Crippen molar-refractivity contribution in [2.24, 2.45) is 0 Å². The fraction of sp³-hybridized carbons (Fsp3) is 0.312. The molecule has 0 fully saturated rings. The SMILES string of the molecule is COC(=O)CCc1ccc(C)n1-c1ccc(OC)cc1. The summed E-state index contributed by atoms with van der Waals surface area (Å²) in [6, 6.07) is 12.0. The predicted molar refractivity (Wildman–Crippen MR) is 77.4 cm³/mol. The summed E-state index contributed by atoms with van der Waals surface area (Å²) in [5, 5.41) is 0. The second-order valence-corrected chi connectivity index (χ2v) is 4.58. The molecule has 0 saturated carbocycles. The van der Waals surface area contributed by atoms with E-state index in [4.69, 9.17) is 4.74 Å². The van der Waals surface area contributed by atoms with Gasteiger partial charge in [-0.15, -0.1) is 0 Å². The van der Waals surface area contributed by atoms with Crippen LogP contribution in [-0.2, 0) is 16.0 Å². The van der Waals surface area contributed by atoms with Gasteiger partial charge in [0, 0.05) is 17.1 Å². The van der Waals surface area contributed by atoms with Crippen molar-refractivity contribution < 1.29 is 14.3 Å². The summed E-state index contributed by atoms with van der Waals surface area (Å²) < 4.78 is 12.0. The minimum Gasteiger partial charge on any atom is -0.497 e. The van der Waals surface area contributed by atoms with Gasteiger partial charge in [0.25, 0.3) is 0 Å². The van der Waals surface area contributed by atoms with Gasteiger partial charge in [0.05, 0.1) is 20.6 Å². The monoisotopic (exact) mass is 273 g/mol. The number of esters is 1. The summed E-state index contributed by atoms with van der Waals surface area (Å²) in [7, 11) is 3.06. The molecule has 0 unspecified atom stereocenters. The maximum Gasteiger partial charge on any atom is 0.305 e. The Kier molecular flexibility index (Phi) is 4.45. The number of aryl methyl sites for hydroxylation is 2. The van der Waals surface area contributed by atoms with Gasteiger partial charge < -0.3 is 14.0 Å². The van der Waals surface area contributed by atoms with Crippen molar-refractivity contribution in [3.8, 4) is 11.4 Å². The Morgan fingerprint density at radius 1 is 1.10 bits per heavy atom. The summed E-state index contributed by atoms with van der Waals surface area (Å²) in [5.74, 6) is 0.639. The first-order valence-electron chi connectivity index (χ1n) is 6.54. The number of nitrogens with zero attached hydrogens (tertiary/aromatic N) is 1. The minimum absolute atomic E-state index is 0.190. The van der Waals surface area contributed by atoms with Crippen molar-refractivity contribution in [2.75, 3.05) is 14.2 Å². The standard InChI is InChI=1S/C16H19NO3/c1-12-4-5-13(8-11-16(18)20-3)17(12)14-6-9-15(19-2)10-7-14/h4-7,9-10H,8,11H2,1-3H3. The highest BCUT2D eigenvalue weighted by Crippen LogP contribution is 2.20. The second-order valence-electron chi connectivity index (χ2n) is 4.58. The van der Waals surface area contributed by atoms with Crippen LogP contribution in [0.2, 0.25) is 0 Å². The van der Waals surface area contributed by atoms with E-state index in [2.05, 4.69) is 15.4 Å². The molecule has 0 aliphatic carbocycles. The quantitative estimate of drug-likeness (QED) is 0.786. The van der Waals surface area contributed by atoms with E-state index in [-0.39, 0.29) is 5.97 Å². The van der Waals surface area contributed by atoms with Crippen molar-refractivity contribution in [3.63, 3.8) is 0 Å². The van der Waals surface area contributed by atoms with Crippen molar-refractivity contribution >= 4 is 5.97 Å². The summed E-state index contributed by atoms with van der Waals surface area (Å²) >= 11 is 0. The average Bonchev–Trinajstić information content (AvgIpc) is 2.85.